The number of halogens is 1. The maximum atomic E-state index is 5.58. The van der Waals surface area contributed by atoms with E-state index < -0.39 is 0 Å². The Morgan fingerprint density at radius 3 is 2.88 bits per heavy atom. The molecule has 0 aliphatic carbocycles. The quantitative estimate of drug-likeness (QED) is 0.636. The highest BCUT2D eigenvalue weighted by atomic mass is 79.9. The van der Waals surface area contributed by atoms with Crippen LogP contribution in [0.25, 0.3) is 0 Å². The van der Waals surface area contributed by atoms with Crippen molar-refractivity contribution in [1.29, 1.82) is 0 Å². The van der Waals surface area contributed by atoms with Gasteiger partial charge in [0.2, 0.25) is 0 Å². The Balaban J connectivity index is 1.84. The minimum absolute atomic E-state index is 0.283. The van der Waals surface area contributed by atoms with Crippen LogP contribution in [0.1, 0.15) is 17.1 Å². The molecule has 0 bridgehead atoms. The summed E-state index contributed by atoms with van der Waals surface area (Å²) < 4.78 is 6.47. The molecular weight excluding hydrogens is 300 g/mol. The van der Waals surface area contributed by atoms with Crippen LogP contribution in [0.4, 0.5) is 0 Å². The van der Waals surface area contributed by atoms with Gasteiger partial charge in [0.25, 0.3) is 0 Å². The maximum absolute atomic E-state index is 5.58. The van der Waals surface area contributed by atoms with Crippen LogP contribution in [0.15, 0.2) is 38.7 Å². The Kier molecular flexibility index (Phi) is 4.79. The number of hydrogen-bond donors (Lipinski definition) is 2. The Bertz CT molecular complexity index is 441. The van der Waals surface area contributed by atoms with E-state index in [9.17, 15) is 0 Å². The van der Waals surface area contributed by atoms with Crippen molar-refractivity contribution in [2.45, 2.75) is 25.3 Å². The first-order valence-corrected chi connectivity index (χ1v) is 7.11. The summed E-state index contributed by atoms with van der Waals surface area (Å²) in [6, 6.07) is 8.39. The van der Waals surface area contributed by atoms with Crippen molar-refractivity contribution in [2.75, 3.05) is 0 Å². The molecule has 2 aromatic heterocycles. The highest BCUT2D eigenvalue weighted by Gasteiger charge is 2.10. The highest BCUT2D eigenvalue weighted by Crippen LogP contribution is 2.23. The van der Waals surface area contributed by atoms with Crippen molar-refractivity contribution in [3.05, 3.63) is 45.0 Å². The summed E-state index contributed by atoms with van der Waals surface area (Å²) in [5.41, 5.74) is 2.87. The van der Waals surface area contributed by atoms with Gasteiger partial charge in [0.15, 0.2) is 0 Å². The van der Waals surface area contributed by atoms with Gasteiger partial charge in [-0.15, -0.1) is 11.3 Å². The van der Waals surface area contributed by atoms with Crippen LogP contribution in [0.2, 0.25) is 0 Å². The monoisotopic (exact) mass is 314 g/mol. The van der Waals surface area contributed by atoms with Gasteiger partial charge in [-0.25, -0.2) is 0 Å². The molecule has 2 heterocycles. The fraction of sp³-hybridized carbons (Fsp3) is 0.333. The smallest absolute Gasteiger partial charge is 0.103 e. The average Bonchev–Trinajstić information content (AvgIpc) is 2.96. The molecule has 0 aromatic carbocycles. The summed E-state index contributed by atoms with van der Waals surface area (Å²) in [7, 11) is 0. The standard InChI is InChI=1S/C12H15BrN2OS/c13-12-6-5-11(17-12)8-9(15-14)3-4-10-2-1-7-16-10/h1-2,5-7,9,15H,3-4,8,14H2. The second kappa shape index (κ2) is 6.35. The lowest BCUT2D eigenvalue weighted by Crippen LogP contribution is -2.36. The summed E-state index contributed by atoms with van der Waals surface area (Å²) in [6.07, 6.45) is 4.54. The largest absolute Gasteiger partial charge is 0.469 e. The SMILES string of the molecule is NNC(CCc1ccco1)Cc1ccc(Br)s1. The van der Waals surface area contributed by atoms with Crippen molar-refractivity contribution in [2.24, 2.45) is 5.84 Å². The molecular formula is C12H15BrN2OS. The molecule has 1 atom stereocenters. The summed E-state index contributed by atoms with van der Waals surface area (Å²) in [6.45, 7) is 0. The predicted octanol–water partition coefficient (Wildman–Crippen LogP) is 3.11. The fourth-order valence-corrected chi connectivity index (χ4v) is 3.28. The van der Waals surface area contributed by atoms with Crippen LogP contribution in [0, 0.1) is 0 Å². The Morgan fingerprint density at radius 1 is 1.41 bits per heavy atom. The Morgan fingerprint density at radius 2 is 2.29 bits per heavy atom. The molecule has 0 spiro atoms. The van der Waals surface area contributed by atoms with Gasteiger partial charge >= 0.3 is 0 Å². The van der Waals surface area contributed by atoms with Crippen LogP contribution in [-0.2, 0) is 12.8 Å². The number of furan rings is 1. The second-order valence-electron chi connectivity index (χ2n) is 3.89. The summed E-state index contributed by atoms with van der Waals surface area (Å²) in [5.74, 6) is 6.59. The van der Waals surface area contributed by atoms with E-state index in [2.05, 4.69) is 33.5 Å². The van der Waals surface area contributed by atoms with Crippen LogP contribution in [0.3, 0.4) is 0 Å². The Hall–Kier alpha value is -0.620. The Labute approximate surface area is 113 Å². The topological polar surface area (TPSA) is 51.2 Å². The fourth-order valence-electron chi connectivity index (χ4n) is 1.72. The first-order valence-electron chi connectivity index (χ1n) is 5.50. The number of nitrogens with two attached hydrogens (primary N) is 1. The average molecular weight is 315 g/mol. The third-order valence-electron chi connectivity index (χ3n) is 2.63. The van der Waals surface area contributed by atoms with Gasteiger partial charge in [0.05, 0.1) is 10.0 Å². The summed E-state index contributed by atoms with van der Waals surface area (Å²) in [4.78, 5) is 1.33. The number of rotatable bonds is 6. The van der Waals surface area contributed by atoms with E-state index >= 15 is 0 Å². The van der Waals surface area contributed by atoms with Gasteiger partial charge in [-0.3, -0.25) is 11.3 Å². The van der Waals surface area contributed by atoms with Crippen LogP contribution in [0.5, 0.6) is 0 Å². The minimum Gasteiger partial charge on any atom is -0.469 e. The van der Waals surface area contributed by atoms with Crippen molar-refractivity contribution >= 4 is 27.3 Å². The van der Waals surface area contributed by atoms with Crippen molar-refractivity contribution in [1.82, 2.24) is 5.43 Å². The molecule has 0 radical (unpaired) electrons. The van der Waals surface area contributed by atoms with Gasteiger partial charge in [-0.2, -0.15) is 0 Å². The predicted molar refractivity (Wildman–Crippen MR) is 73.9 cm³/mol. The molecule has 1 unspecified atom stereocenters. The lowest BCUT2D eigenvalue weighted by atomic mass is 10.1. The summed E-state index contributed by atoms with van der Waals surface area (Å²) in [5, 5.41) is 0. The van der Waals surface area contributed by atoms with Crippen LogP contribution < -0.4 is 11.3 Å². The molecule has 3 nitrogen and oxygen atoms in total. The molecule has 3 N–H and O–H groups in total. The van der Waals surface area contributed by atoms with E-state index in [1.807, 2.05) is 12.1 Å². The number of nitrogens with one attached hydrogen (secondary N) is 1. The summed E-state index contributed by atoms with van der Waals surface area (Å²) >= 11 is 5.22. The lowest BCUT2D eigenvalue weighted by molar-refractivity contribution is 0.449. The molecule has 2 aromatic rings. The normalized spacial score (nSPS) is 12.8. The number of hydrogen-bond acceptors (Lipinski definition) is 4. The van der Waals surface area contributed by atoms with Crippen LogP contribution in [-0.4, -0.2) is 6.04 Å². The zero-order valence-electron chi connectivity index (χ0n) is 9.36. The molecule has 92 valence electrons. The molecule has 5 heteroatoms. The molecule has 2 rings (SSSR count). The third kappa shape index (κ3) is 3.96. The number of aryl methyl sites for hydroxylation is 1. The van der Waals surface area contributed by atoms with E-state index in [0.717, 1.165) is 28.8 Å². The van der Waals surface area contributed by atoms with E-state index in [1.54, 1.807) is 17.6 Å². The first kappa shape index (κ1) is 12.8. The number of thiophene rings is 1. The maximum Gasteiger partial charge on any atom is 0.103 e. The number of hydrazine groups is 1. The zero-order valence-corrected chi connectivity index (χ0v) is 11.8. The van der Waals surface area contributed by atoms with E-state index in [0.29, 0.717) is 0 Å². The van der Waals surface area contributed by atoms with Crippen molar-refractivity contribution < 1.29 is 4.42 Å². The molecule has 0 amide bonds. The molecule has 17 heavy (non-hydrogen) atoms. The molecule has 0 fully saturated rings. The van der Waals surface area contributed by atoms with Gasteiger partial charge < -0.3 is 4.42 Å². The van der Waals surface area contributed by atoms with Crippen LogP contribution >= 0.6 is 27.3 Å². The third-order valence-corrected chi connectivity index (χ3v) is 4.28. The van der Waals surface area contributed by atoms with Crippen molar-refractivity contribution in [3.63, 3.8) is 0 Å². The highest BCUT2D eigenvalue weighted by molar-refractivity contribution is 9.11. The molecule has 0 aliphatic rings. The van der Waals surface area contributed by atoms with E-state index in [-0.39, 0.29) is 6.04 Å². The minimum atomic E-state index is 0.283. The van der Waals surface area contributed by atoms with Gasteiger partial charge in [-0.05, 0) is 53.0 Å². The van der Waals surface area contributed by atoms with Gasteiger partial charge in [-0.1, -0.05) is 0 Å². The van der Waals surface area contributed by atoms with Gasteiger partial charge in [0.1, 0.15) is 5.76 Å². The van der Waals surface area contributed by atoms with E-state index in [1.165, 1.54) is 4.88 Å². The van der Waals surface area contributed by atoms with Crippen molar-refractivity contribution in [3.8, 4) is 0 Å². The molecule has 0 aliphatic heterocycles. The van der Waals surface area contributed by atoms with E-state index in [4.69, 9.17) is 10.3 Å². The molecule has 0 saturated carbocycles. The molecule has 0 saturated heterocycles. The second-order valence-corrected chi connectivity index (χ2v) is 6.44. The lowest BCUT2D eigenvalue weighted by Gasteiger charge is -2.13. The first-order chi connectivity index (χ1) is 8.28. The zero-order chi connectivity index (χ0) is 12.1. The van der Waals surface area contributed by atoms with Gasteiger partial charge in [0, 0.05) is 17.3 Å².